The van der Waals surface area contributed by atoms with E-state index in [1.807, 2.05) is 13.8 Å². The fraction of sp³-hybridized carbons (Fsp3) is 0.812. The third-order valence-corrected chi connectivity index (χ3v) is 4.83. The molecule has 6 heteroatoms. The molecule has 2 aliphatic rings. The minimum atomic E-state index is -0.401. The van der Waals surface area contributed by atoms with Gasteiger partial charge >= 0.3 is 0 Å². The van der Waals surface area contributed by atoms with E-state index in [2.05, 4.69) is 15.5 Å². The molecule has 3 rings (SSSR count). The highest BCUT2D eigenvalue weighted by Gasteiger charge is 2.43. The maximum Gasteiger partial charge on any atom is 0.256 e. The Morgan fingerprint density at radius 1 is 1.18 bits per heavy atom. The Bertz CT molecular complexity index is 514. The second-order valence-corrected chi connectivity index (χ2v) is 6.87. The Morgan fingerprint density at radius 3 is 2.55 bits per heavy atom. The Labute approximate surface area is 131 Å². The van der Waals surface area contributed by atoms with E-state index in [-0.39, 0.29) is 17.4 Å². The maximum absolute atomic E-state index is 14.4. The molecule has 1 aliphatic heterocycles. The van der Waals surface area contributed by atoms with Gasteiger partial charge in [0.25, 0.3) is 5.95 Å². The summed E-state index contributed by atoms with van der Waals surface area (Å²) >= 11 is 0. The Balaban J connectivity index is 1.98. The number of ether oxygens (including phenoxy) is 1. The lowest BCUT2D eigenvalue weighted by molar-refractivity contribution is 0.194. The Hall–Kier alpha value is -1.30. The van der Waals surface area contributed by atoms with Crippen LogP contribution in [0.25, 0.3) is 0 Å². The summed E-state index contributed by atoms with van der Waals surface area (Å²) in [5.74, 6) is 0.481. The molecule has 1 spiro atoms. The van der Waals surface area contributed by atoms with Crippen molar-refractivity contribution in [1.29, 1.82) is 0 Å². The van der Waals surface area contributed by atoms with E-state index in [1.165, 1.54) is 23.9 Å². The first-order valence-electron chi connectivity index (χ1n) is 8.46. The molecule has 1 aromatic rings. The van der Waals surface area contributed by atoms with Crippen molar-refractivity contribution in [1.82, 2.24) is 15.2 Å². The summed E-state index contributed by atoms with van der Waals surface area (Å²) in [4.78, 5) is 0. The van der Waals surface area contributed by atoms with Crippen LogP contribution < -0.4 is 15.2 Å². The predicted molar refractivity (Wildman–Crippen MR) is 84.5 cm³/mol. The molecule has 2 heterocycles. The highest BCUT2D eigenvalue weighted by Crippen LogP contribution is 2.43. The lowest BCUT2D eigenvalue weighted by Crippen LogP contribution is -2.60. The molecule has 1 saturated heterocycles. The lowest BCUT2D eigenvalue weighted by Gasteiger charge is -2.49. The Kier molecular flexibility index (Phi) is 4.30. The smallest absolute Gasteiger partial charge is 0.256 e. The number of halogens is 1. The fourth-order valence-corrected chi connectivity index (χ4v) is 3.82. The van der Waals surface area contributed by atoms with Gasteiger partial charge in [-0.15, -0.1) is 5.10 Å². The van der Waals surface area contributed by atoms with Crippen molar-refractivity contribution >= 4 is 5.82 Å². The monoisotopic (exact) mass is 310 g/mol. The summed E-state index contributed by atoms with van der Waals surface area (Å²) in [6, 6.07) is 0. The number of anilines is 1. The van der Waals surface area contributed by atoms with Gasteiger partial charge in [-0.1, -0.05) is 19.3 Å². The highest BCUT2D eigenvalue weighted by molar-refractivity contribution is 5.54. The molecule has 0 atom stereocenters. The topological polar surface area (TPSA) is 42.3 Å². The minimum absolute atomic E-state index is 0.0619. The number of rotatable bonds is 3. The van der Waals surface area contributed by atoms with Gasteiger partial charge in [-0.2, -0.15) is 4.39 Å². The molecule has 2 fully saturated rings. The van der Waals surface area contributed by atoms with Gasteiger partial charge in [0, 0.05) is 13.6 Å². The molecule has 0 radical (unpaired) electrons. The minimum Gasteiger partial charge on any atom is -0.483 e. The van der Waals surface area contributed by atoms with E-state index < -0.39 is 5.95 Å². The van der Waals surface area contributed by atoms with E-state index in [0.717, 1.165) is 32.2 Å². The first-order valence-corrected chi connectivity index (χ1v) is 8.46. The largest absolute Gasteiger partial charge is 0.483 e. The molecular weight excluding hydrogens is 283 g/mol. The second kappa shape index (κ2) is 6.07. The van der Waals surface area contributed by atoms with Crippen molar-refractivity contribution in [2.24, 2.45) is 7.05 Å². The molecule has 0 bridgehead atoms. The van der Waals surface area contributed by atoms with Crippen molar-refractivity contribution in [3.05, 3.63) is 5.95 Å². The first kappa shape index (κ1) is 15.6. The molecular formula is C16H27FN4O. The van der Waals surface area contributed by atoms with Gasteiger partial charge in [0.1, 0.15) is 0 Å². The van der Waals surface area contributed by atoms with Crippen LogP contribution >= 0.6 is 0 Å². The van der Waals surface area contributed by atoms with E-state index in [9.17, 15) is 4.39 Å². The normalized spacial score (nSPS) is 21.6. The molecule has 1 aliphatic carbocycles. The molecule has 1 aromatic heterocycles. The van der Waals surface area contributed by atoms with Crippen LogP contribution in [0.4, 0.5) is 10.2 Å². The molecule has 0 aromatic carbocycles. The summed E-state index contributed by atoms with van der Waals surface area (Å²) < 4.78 is 21.4. The third kappa shape index (κ3) is 2.69. The van der Waals surface area contributed by atoms with E-state index in [1.54, 1.807) is 7.05 Å². The van der Waals surface area contributed by atoms with Crippen molar-refractivity contribution < 1.29 is 9.13 Å². The number of hydrogen-bond donors (Lipinski definition) is 1. The number of nitrogens with one attached hydrogen (secondary N) is 1. The molecule has 1 N–H and O–H groups in total. The summed E-state index contributed by atoms with van der Waals surface area (Å²) in [5, 5.41) is 6.54. The van der Waals surface area contributed by atoms with E-state index in [0.29, 0.717) is 5.82 Å². The van der Waals surface area contributed by atoms with Crippen molar-refractivity contribution in [3.8, 4) is 5.75 Å². The summed E-state index contributed by atoms with van der Waals surface area (Å²) in [6.07, 6.45) is 8.25. The quantitative estimate of drug-likeness (QED) is 0.931. The molecule has 5 nitrogen and oxygen atoms in total. The van der Waals surface area contributed by atoms with Crippen LogP contribution in [0.1, 0.15) is 58.8 Å². The van der Waals surface area contributed by atoms with Gasteiger partial charge in [0.15, 0.2) is 0 Å². The van der Waals surface area contributed by atoms with Crippen LogP contribution in [0, 0.1) is 5.95 Å². The van der Waals surface area contributed by atoms with E-state index >= 15 is 0 Å². The Morgan fingerprint density at radius 2 is 1.86 bits per heavy atom. The van der Waals surface area contributed by atoms with Crippen molar-refractivity contribution in [2.75, 3.05) is 11.6 Å². The van der Waals surface area contributed by atoms with Crippen molar-refractivity contribution in [2.45, 2.75) is 70.4 Å². The lowest BCUT2D eigenvalue weighted by atomic mass is 9.77. The number of nitrogens with zero attached hydrogens (tertiary/aromatic N) is 3. The zero-order valence-electron chi connectivity index (χ0n) is 13.9. The summed E-state index contributed by atoms with van der Waals surface area (Å²) in [6.45, 7) is 4.73. The summed E-state index contributed by atoms with van der Waals surface area (Å²) in [5.41, 5.74) is 3.52. The van der Waals surface area contributed by atoms with Crippen LogP contribution in [0.5, 0.6) is 5.75 Å². The highest BCUT2D eigenvalue weighted by atomic mass is 19.1. The van der Waals surface area contributed by atoms with Crippen LogP contribution in [0.15, 0.2) is 0 Å². The van der Waals surface area contributed by atoms with Gasteiger partial charge in [-0.3, -0.25) is 5.01 Å². The average molecular weight is 310 g/mol. The van der Waals surface area contributed by atoms with Gasteiger partial charge in [-0.05, 0) is 39.5 Å². The molecule has 22 heavy (non-hydrogen) atoms. The van der Waals surface area contributed by atoms with Gasteiger partial charge in [0.05, 0.1) is 11.6 Å². The molecule has 0 unspecified atom stereocenters. The van der Waals surface area contributed by atoms with Crippen LogP contribution in [-0.4, -0.2) is 28.0 Å². The maximum atomic E-state index is 14.4. The van der Waals surface area contributed by atoms with Gasteiger partial charge < -0.3 is 4.74 Å². The van der Waals surface area contributed by atoms with Gasteiger partial charge in [-0.25, -0.2) is 10.1 Å². The zero-order chi connectivity index (χ0) is 15.7. The first-order chi connectivity index (χ1) is 10.5. The van der Waals surface area contributed by atoms with E-state index in [4.69, 9.17) is 4.74 Å². The van der Waals surface area contributed by atoms with Crippen LogP contribution in [-0.2, 0) is 7.05 Å². The van der Waals surface area contributed by atoms with Crippen molar-refractivity contribution in [3.63, 3.8) is 0 Å². The molecule has 1 saturated carbocycles. The predicted octanol–water partition coefficient (Wildman–Crippen LogP) is 3.15. The SMILES string of the molecule is CC(C)Oc1c(N2NCCCC23CCCCC3)nn(C)c1F. The van der Waals surface area contributed by atoms with Gasteiger partial charge in [0.2, 0.25) is 11.6 Å². The molecule has 0 amide bonds. The average Bonchev–Trinajstić information content (AvgIpc) is 2.76. The number of hydrogen-bond acceptors (Lipinski definition) is 4. The standard InChI is InChI=1S/C16H27FN4O/c1-12(2)22-13-14(17)20(3)19-15(13)21-16(10-7-11-18-21)8-5-4-6-9-16/h12,18H,4-11H2,1-3H3. The number of aryl methyl sites for hydroxylation is 1. The summed E-state index contributed by atoms with van der Waals surface area (Å²) in [7, 11) is 1.63. The number of hydrazine groups is 1. The van der Waals surface area contributed by atoms with Crippen LogP contribution in [0.2, 0.25) is 0 Å². The zero-order valence-corrected chi connectivity index (χ0v) is 13.9. The second-order valence-electron chi connectivity index (χ2n) is 6.87. The number of aromatic nitrogens is 2. The fourth-order valence-electron chi connectivity index (χ4n) is 3.82. The van der Waals surface area contributed by atoms with Crippen LogP contribution in [0.3, 0.4) is 0 Å². The molecule has 124 valence electrons. The third-order valence-electron chi connectivity index (χ3n) is 4.83.